The molecule has 0 amide bonds. The van der Waals surface area contributed by atoms with Crippen LogP contribution in [-0.4, -0.2) is 17.4 Å². The zero-order valence-corrected chi connectivity index (χ0v) is 8.50. The first-order valence-corrected chi connectivity index (χ1v) is 7.61. The van der Waals surface area contributed by atoms with E-state index < -0.39 is 0 Å². The van der Waals surface area contributed by atoms with Crippen LogP contribution >= 0.6 is 0 Å². The molecule has 0 aromatic carbocycles. The van der Waals surface area contributed by atoms with Gasteiger partial charge in [0.15, 0.2) is 0 Å². The minimum absolute atomic E-state index is 0.0521. The topological polar surface area (TPSA) is 0 Å². The van der Waals surface area contributed by atoms with Crippen LogP contribution in [0.4, 0.5) is 0 Å². The molecule has 0 unspecified atom stereocenters. The standard InChI is InChI=1S/2C3H7.Ga.H/c2*1-3-2;;/h2*1,3H2,2H3;;. The van der Waals surface area contributed by atoms with E-state index in [9.17, 15) is 0 Å². The maximum atomic E-state index is 2.29. The summed E-state index contributed by atoms with van der Waals surface area (Å²) < 4.78 is 0. The van der Waals surface area contributed by atoms with Crippen LogP contribution in [0.15, 0.2) is 0 Å². The monoisotopic (exact) mass is 156 g/mol. The van der Waals surface area contributed by atoms with E-state index in [-0.39, 0.29) is 17.4 Å². The predicted octanol–water partition coefficient (Wildman–Crippen LogP) is 2.08. The normalized spacial score (nSPS) is 8.86. The second-order valence-corrected chi connectivity index (χ2v) is 6.51. The molecule has 0 spiro atoms. The van der Waals surface area contributed by atoms with Gasteiger partial charge in [-0.15, -0.1) is 0 Å². The molecule has 1 heteroatoms. The molecule has 0 aliphatic heterocycles. The van der Waals surface area contributed by atoms with Crippen molar-refractivity contribution in [2.45, 2.75) is 36.6 Å². The number of rotatable bonds is 4. The summed E-state index contributed by atoms with van der Waals surface area (Å²) in [6.07, 6.45) is 2.89. The molecule has 0 nitrogen and oxygen atoms in total. The van der Waals surface area contributed by atoms with Crippen molar-refractivity contribution >= 4 is 17.4 Å². The van der Waals surface area contributed by atoms with E-state index >= 15 is 0 Å². The molecule has 0 atom stereocenters. The van der Waals surface area contributed by atoms with Gasteiger partial charge in [0.05, 0.1) is 0 Å². The molecule has 0 radical (unpaired) electrons. The van der Waals surface area contributed by atoms with Gasteiger partial charge >= 0.3 is 54.0 Å². The fourth-order valence-electron chi connectivity index (χ4n) is 0.677. The summed E-state index contributed by atoms with van der Waals surface area (Å²) in [4.78, 5) is 3.22. The van der Waals surface area contributed by atoms with Crippen LogP contribution in [0.5, 0.6) is 0 Å². The third-order valence-electron chi connectivity index (χ3n) is 1.21. The second-order valence-electron chi connectivity index (χ2n) is 2.06. The fourth-order valence-corrected chi connectivity index (χ4v) is 3.52. The van der Waals surface area contributed by atoms with Gasteiger partial charge in [0.1, 0.15) is 0 Å². The summed E-state index contributed by atoms with van der Waals surface area (Å²) in [6, 6.07) is 0. The van der Waals surface area contributed by atoms with Crippen LogP contribution < -0.4 is 0 Å². The van der Waals surface area contributed by atoms with E-state index in [0.29, 0.717) is 0 Å². The molecular weight excluding hydrogens is 142 g/mol. The van der Waals surface area contributed by atoms with Crippen LogP contribution in [0.3, 0.4) is 0 Å². The molecule has 0 aromatic heterocycles. The molecule has 0 aliphatic rings. The summed E-state index contributed by atoms with van der Waals surface area (Å²) in [6.45, 7) is 4.59. The molecular formula is C6H15Ga. The molecule has 0 aliphatic carbocycles. The van der Waals surface area contributed by atoms with Crippen LogP contribution in [0.25, 0.3) is 0 Å². The molecule has 0 N–H and O–H groups in total. The Kier molecular flexibility index (Phi) is 7.24. The van der Waals surface area contributed by atoms with Gasteiger partial charge in [-0.3, -0.25) is 0 Å². The van der Waals surface area contributed by atoms with Crippen LogP contribution in [-0.2, 0) is 0 Å². The van der Waals surface area contributed by atoms with Crippen molar-refractivity contribution in [2.75, 3.05) is 0 Å². The van der Waals surface area contributed by atoms with E-state index in [1.54, 1.807) is 9.95 Å². The average Bonchev–Trinajstić information content (AvgIpc) is 1.69. The van der Waals surface area contributed by atoms with Gasteiger partial charge in [-0.25, -0.2) is 0 Å². The molecule has 0 fully saturated rings. The van der Waals surface area contributed by atoms with Crippen molar-refractivity contribution in [1.29, 1.82) is 0 Å². The molecule has 7 heavy (non-hydrogen) atoms. The SMILES string of the molecule is CC[CH2][GaH][CH2]CC. The Morgan fingerprint density at radius 1 is 1.00 bits per heavy atom. The Labute approximate surface area is 54.5 Å². The molecule has 42 valence electrons. The van der Waals surface area contributed by atoms with Crippen molar-refractivity contribution in [3.63, 3.8) is 0 Å². The Morgan fingerprint density at radius 3 is 1.71 bits per heavy atom. The van der Waals surface area contributed by atoms with E-state index in [1.807, 2.05) is 0 Å². The minimum atomic E-state index is 0.0521. The molecule has 0 heterocycles. The molecule has 0 bridgehead atoms. The predicted molar refractivity (Wildman–Crippen MR) is 37.3 cm³/mol. The fraction of sp³-hybridized carbons (Fsp3) is 1.00. The summed E-state index contributed by atoms with van der Waals surface area (Å²) in [7, 11) is 0. The van der Waals surface area contributed by atoms with Crippen LogP contribution in [0.2, 0.25) is 9.95 Å². The van der Waals surface area contributed by atoms with Gasteiger partial charge in [-0.2, -0.15) is 0 Å². The maximum absolute atomic E-state index is 2.29. The van der Waals surface area contributed by atoms with Crippen molar-refractivity contribution < 1.29 is 0 Å². The first-order chi connectivity index (χ1) is 3.41. The van der Waals surface area contributed by atoms with Crippen molar-refractivity contribution in [3.05, 3.63) is 0 Å². The van der Waals surface area contributed by atoms with Crippen LogP contribution in [0, 0.1) is 0 Å². The zero-order chi connectivity index (χ0) is 5.54. The Balaban J connectivity index is 2.45. The molecule has 0 saturated heterocycles. The second kappa shape index (κ2) is 6.64. The van der Waals surface area contributed by atoms with Crippen molar-refractivity contribution in [2.24, 2.45) is 0 Å². The van der Waals surface area contributed by atoms with Crippen molar-refractivity contribution in [1.82, 2.24) is 0 Å². The third kappa shape index (κ3) is 6.64. The molecule has 0 aromatic rings. The summed E-state index contributed by atoms with van der Waals surface area (Å²) >= 11 is 0.0521. The first kappa shape index (κ1) is 7.64. The quantitative estimate of drug-likeness (QED) is 0.432. The van der Waals surface area contributed by atoms with Gasteiger partial charge in [0, 0.05) is 0 Å². The van der Waals surface area contributed by atoms with Gasteiger partial charge in [0.2, 0.25) is 0 Å². The Morgan fingerprint density at radius 2 is 1.43 bits per heavy atom. The summed E-state index contributed by atoms with van der Waals surface area (Å²) in [5.41, 5.74) is 0. The van der Waals surface area contributed by atoms with Crippen molar-refractivity contribution in [3.8, 4) is 0 Å². The van der Waals surface area contributed by atoms with E-state index in [2.05, 4.69) is 13.8 Å². The van der Waals surface area contributed by atoms with E-state index in [0.717, 1.165) is 0 Å². The average molecular weight is 157 g/mol. The van der Waals surface area contributed by atoms with Gasteiger partial charge in [-0.1, -0.05) is 0 Å². The Bertz CT molecular complexity index is 23.4. The third-order valence-corrected chi connectivity index (χ3v) is 6.27. The van der Waals surface area contributed by atoms with E-state index in [4.69, 9.17) is 0 Å². The van der Waals surface area contributed by atoms with Gasteiger partial charge in [-0.05, 0) is 0 Å². The van der Waals surface area contributed by atoms with Crippen LogP contribution in [0.1, 0.15) is 26.7 Å². The van der Waals surface area contributed by atoms with E-state index in [1.165, 1.54) is 12.8 Å². The first-order valence-electron chi connectivity index (χ1n) is 3.41. The van der Waals surface area contributed by atoms with Gasteiger partial charge < -0.3 is 0 Å². The molecule has 0 saturated carbocycles. The zero-order valence-electron chi connectivity index (χ0n) is 5.54. The number of hydrogen-bond donors (Lipinski definition) is 0. The summed E-state index contributed by atoms with van der Waals surface area (Å²) in [5, 5.41) is 0. The number of hydrogen-bond acceptors (Lipinski definition) is 0. The molecule has 0 rings (SSSR count). The summed E-state index contributed by atoms with van der Waals surface area (Å²) in [5.74, 6) is 0. The Hall–Kier alpha value is 0.636. The van der Waals surface area contributed by atoms with Gasteiger partial charge in [0.25, 0.3) is 0 Å².